The van der Waals surface area contributed by atoms with E-state index in [0.717, 1.165) is 6.07 Å². The number of nitrogens with one attached hydrogen (secondary N) is 1. The van der Waals surface area contributed by atoms with Crippen LogP contribution in [0.3, 0.4) is 0 Å². The molecule has 0 aliphatic carbocycles. The SMILES string of the molecule is Cc1cc(NCC(O)CCl)c([N+](=O)[O-])cc1F. The molecule has 7 heteroatoms. The van der Waals surface area contributed by atoms with E-state index in [1.165, 1.54) is 13.0 Å². The molecular weight excluding hydrogens is 251 g/mol. The van der Waals surface area contributed by atoms with E-state index in [-0.39, 0.29) is 23.8 Å². The van der Waals surface area contributed by atoms with Gasteiger partial charge in [-0.25, -0.2) is 4.39 Å². The first kappa shape index (κ1) is 13.7. The van der Waals surface area contributed by atoms with Crippen LogP contribution in [0.25, 0.3) is 0 Å². The third-order valence-electron chi connectivity index (χ3n) is 2.18. The third kappa shape index (κ3) is 3.54. The molecule has 0 saturated carbocycles. The van der Waals surface area contributed by atoms with E-state index in [1.807, 2.05) is 0 Å². The summed E-state index contributed by atoms with van der Waals surface area (Å²) in [4.78, 5) is 10.0. The van der Waals surface area contributed by atoms with Crippen molar-refractivity contribution in [2.75, 3.05) is 17.7 Å². The number of benzene rings is 1. The van der Waals surface area contributed by atoms with Crippen LogP contribution >= 0.6 is 11.6 Å². The normalized spacial score (nSPS) is 12.2. The zero-order valence-corrected chi connectivity index (χ0v) is 9.87. The molecule has 0 radical (unpaired) electrons. The number of halogens is 2. The number of aryl methyl sites for hydroxylation is 1. The van der Waals surface area contributed by atoms with E-state index < -0.39 is 16.8 Å². The first-order valence-electron chi connectivity index (χ1n) is 4.88. The number of aliphatic hydroxyl groups is 1. The summed E-state index contributed by atoms with van der Waals surface area (Å²) in [6.45, 7) is 1.57. The second kappa shape index (κ2) is 5.79. The molecule has 94 valence electrons. The molecule has 17 heavy (non-hydrogen) atoms. The molecule has 1 aromatic carbocycles. The highest BCUT2D eigenvalue weighted by Crippen LogP contribution is 2.27. The molecule has 0 aromatic heterocycles. The molecule has 2 N–H and O–H groups in total. The topological polar surface area (TPSA) is 75.4 Å². The van der Waals surface area contributed by atoms with Crippen LogP contribution in [0, 0.1) is 22.9 Å². The fourth-order valence-electron chi connectivity index (χ4n) is 1.25. The smallest absolute Gasteiger partial charge is 0.295 e. The lowest BCUT2D eigenvalue weighted by Crippen LogP contribution is -2.21. The number of aliphatic hydroxyl groups excluding tert-OH is 1. The maximum absolute atomic E-state index is 13.2. The van der Waals surface area contributed by atoms with Gasteiger partial charge >= 0.3 is 0 Å². The van der Waals surface area contributed by atoms with Crippen LogP contribution in [-0.4, -0.2) is 28.6 Å². The van der Waals surface area contributed by atoms with Gasteiger partial charge in [0.1, 0.15) is 11.5 Å². The van der Waals surface area contributed by atoms with Gasteiger partial charge < -0.3 is 10.4 Å². The number of nitrogens with zero attached hydrogens (tertiary/aromatic N) is 1. The van der Waals surface area contributed by atoms with Gasteiger partial charge in [-0.1, -0.05) is 0 Å². The second-order valence-corrected chi connectivity index (χ2v) is 3.87. The first-order chi connectivity index (χ1) is 7.95. The molecule has 1 unspecified atom stereocenters. The monoisotopic (exact) mass is 262 g/mol. The van der Waals surface area contributed by atoms with Crippen molar-refractivity contribution >= 4 is 23.0 Å². The number of hydrogen-bond donors (Lipinski definition) is 2. The predicted molar refractivity (Wildman–Crippen MR) is 63.0 cm³/mol. The summed E-state index contributed by atoms with van der Waals surface area (Å²) in [6, 6.07) is 2.18. The quantitative estimate of drug-likeness (QED) is 0.484. The van der Waals surface area contributed by atoms with Crippen molar-refractivity contribution in [3.63, 3.8) is 0 Å². The van der Waals surface area contributed by atoms with Gasteiger partial charge in [0.2, 0.25) is 0 Å². The molecule has 0 heterocycles. The average Bonchev–Trinajstić information content (AvgIpc) is 2.29. The molecule has 0 bridgehead atoms. The van der Waals surface area contributed by atoms with E-state index in [9.17, 15) is 19.6 Å². The van der Waals surface area contributed by atoms with Crippen molar-refractivity contribution < 1.29 is 14.4 Å². The lowest BCUT2D eigenvalue weighted by Gasteiger charge is -2.11. The molecule has 0 aliphatic rings. The lowest BCUT2D eigenvalue weighted by atomic mass is 10.1. The Balaban J connectivity index is 2.96. The van der Waals surface area contributed by atoms with Gasteiger partial charge in [0.15, 0.2) is 0 Å². The Morgan fingerprint density at radius 1 is 1.65 bits per heavy atom. The van der Waals surface area contributed by atoms with Crippen LogP contribution in [-0.2, 0) is 0 Å². The van der Waals surface area contributed by atoms with Crippen molar-refractivity contribution in [3.05, 3.63) is 33.6 Å². The number of rotatable bonds is 5. The van der Waals surface area contributed by atoms with Crippen molar-refractivity contribution in [1.82, 2.24) is 0 Å². The van der Waals surface area contributed by atoms with Crippen molar-refractivity contribution in [3.8, 4) is 0 Å². The van der Waals surface area contributed by atoms with Gasteiger partial charge in [-0.05, 0) is 18.6 Å². The number of nitro groups is 1. The molecule has 0 saturated heterocycles. The third-order valence-corrected chi connectivity index (χ3v) is 2.54. The van der Waals surface area contributed by atoms with Gasteiger partial charge in [0.25, 0.3) is 5.69 Å². The highest BCUT2D eigenvalue weighted by Gasteiger charge is 2.17. The molecule has 1 atom stereocenters. The zero-order chi connectivity index (χ0) is 13.0. The van der Waals surface area contributed by atoms with Gasteiger partial charge in [-0.2, -0.15) is 0 Å². The maximum atomic E-state index is 13.2. The Morgan fingerprint density at radius 2 is 2.29 bits per heavy atom. The van der Waals surface area contributed by atoms with Crippen LogP contribution in [0.15, 0.2) is 12.1 Å². The van der Waals surface area contributed by atoms with Crippen LogP contribution in [0.1, 0.15) is 5.56 Å². The molecule has 0 spiro atoms. The summed E-state index contributed by atoms with van der Waals surface area (Å²) in [6.07, 6.45) is -0.818. The highest BCUT2D eigenvalue weighted by atomic mass is 35.5. The van der Waals surface area contributed by atoms with Crippen LogP contribution < -0.4 is 5.32 Å². The predicted octanol–water partition coefficient (Wildman–Crippen LogP) is 2.05. The molecule has 1 aromatic rings. The summed E-state index contributed by atoms with van der Waals surface area (Å²) >= 11 is 5.39. The fourth-order valence-corrected chi connectivity index (χ4v) is 1.36. The Kier molecular flexibility index (Phi) is 4.65. The van der Waals surface area contributed by atoms with Crippen LogP contribution in [0.5, 0.6) is 0 Å². The molecule has 0 aliphatic heterocycles. The second-order valence-electron chi connectivity index (χ2n) is 3.56. The van der Waals surface area contributed by atoms with Gasteiger partial charge in [0.05, 0.1) is 23.0 Å². The Hall–Kier alpha value is -1.40. The zero-order valence-electron chi connectivity index (χ0n) is 9.11. The minimum atomic E-state index is -0.818. The van der Waals surface area contributed by atoms with Crippen molar-refractivity contribution in [2.45, 2.75) is 13.0 Å². The molecule has 1 rings (SSSR count). The molecular formula is C10H12ClFN2O3. The lowest BCUT2D eigenvalue weighted by molar-refractivity contribution is -0.384. The minimum absolute atomic E-state index is 0.0149. The van der Waals surface area contributed by atoms with E-state index in [2.05, 4.69) is 5.32 Å². The van der Waals surface area contributed by atoms with E-state index in [1.54, 1.807) is 0 Å². The van der Waals surface area contributed by atoms with E-state index in [4.69, 9.17) is 11.6 Å². The largest absolute Gasteiger partial charge is 0.390 e. The first-order valence-corrected chi connectivity index (χ1v) is 5.41. The summed E-state index contributed by atoms with van der Waals surface area (Å²) < 4.78 is 13.2. The Morgan fingerprint density at radius 3 is 2.82 bits per heavy atom. The van der Waals surface area contributed by atoms with E-state index >= 15 is 0 Å². The number of hydrogen-bond acceptors (Lipinski definition) is 4. The van der Waals surface area contributed by atoms with Gasteiger partial charge in [-0.3, -0.25) is 10.1 Å². The highest BCUT2D eigenvalue weighted by molar-refractivity contribution is 6.18. The summed E-state index contributed by atoms with van der Waals surface area (Å²) in [5.41, 5.74) is 0.0893. The maximum Gasteiger partial charge on any atom is 0.295 e. The van der Waals surface area contributed by atoms with Crippen molar-refractivity contribution in [2.24, 2.45) is 0 Å². The Bertz CT molecular complexity index is 428. The Labute approximate surface area is 102 Å². The standard InChI is InChI=1S/C10H12ClFN2O3/c1-6-2-9(13-5-7(15)4-11)10(14(16)17)3-8(6)12/h2-3,7,13,15H,4-5H2,1H3. The average molecular weight is 263 g/mol. The summed E-state index contributed by atoms with van der Waals surface area (Å²) in [5.74, 6) is -0.624. The number of nitro benzene ring substituents is 1. The molecule has 5 nitrogen and oxygen atoms in total. The van der Waals surface area contributed by atoms with Gasteiger partial charge in [0, 0.05) is 6.54 Å². The number of alkyl halides is 1. The minimum Gasteiger partial charge on any atom is -0.390 e. The molecule has 0 amide bonds. The van der Waals surface area contributed by atoms with Crippen LogP contribution in [0.2, 0.25) is 0 Å². The van der Waals surface area contributed by atoms with Gasteiger partial charge in [-0.15, -0.1) is 11.6 Å². The van der Waals surface area contributed by atoms with Crippen molar-refractivity contribution in [1.29, 1.82) is 0 Å². The van der Waals surface area contributed by atoms with Crippen LogP contribution in [0.4, 0.5) is 15.8 Å². The molecule has 0 fully saturated rings. The van der Waals surface area contributed by atoms with E-state index in [0.29, 0.717) is 5.56 Å². The summed E-state index contributed by atoms with van der Waals surface area (Å²) in [5, 5.41) is 22.6. The number of anilines is 1. The fraction of sp³-hybridized carbons (Fsp3) is 0.400. The summed E-state index contributed by atoms with van der Waals surface area (Å²) in [7, 11) is 0.